The normalized spacial score (nSPS) is 34.2. The number of rotatable bonds is 3. The SMILES string of the molecule is CC1CCCC(N)(C(=O)NCC2CCOCC2)C1. The molecule has 0 aromatic carbocycles. The molecule has 1 saturated heterocycles. The smallest absolute Gasteiger partial charge is 0.240 e. The molecule has 2 aliphatic rings. The van der Waals surface area contributed by atoms with Crippen LogP contribution < -0.4 is 11.1 Å². The highest BCUT2D eigenvalue weighted by atomic mass is 16.5. The topological polar surface area (TPSA) is 64.4 Å². The third-order valence-corrected chi connectivity index (χ3v) is 4.38. The molecule has 0 radical (unpaired) electrons. The van der Waals surface area contributed by atoms with Crippen LogP contribution in [0.25, 0.3) is 0 Å². The monoisotopic (exact) mass is 254 g/mol. The Labute approximate surface area is 110 Å². The summed E-state index contributed by atoms with van der Waals surface area (Å²) >= 11 is 0. The van der Waals surface area contributed by atoms with Crippen molar-refractivity contribution in [1.29, 1.82) is 0 Å². The summed E-state index contributed by atoms with van der Waals surface area (Å²) in [5.41, 5.74) is 5.65. The van der Waals surface area contributed by atoms with Crippen LogP contribution in [0.2, 0.25) is 0 Å². The quantitative estimate of drug-likeness (QED) is 0.801. The molecular weight excluding hydrogens is 228 g/mol. The van der Waals surface area contributed by atoms with Crippen molar-refractivity contribution < 1.29 is 9.53 Å². The van der Waals surface area contributed by atoms with E-state index in [2.05, 4.69) is 12.2 Å². The number of hydrogen-bond donors (Lipinski definition) is 2. The van der Waals surface area contributed by atoms with Gasteiger partial charge in [0, 0.05) is 19.8 Å². The van der Waals surface area contributed by atoms with Crippen molar-refractivity contribution >= 4 is 5.91 Å². The number of nitrogens with one attached hydrogen (secondary N) is 1. The fraction of sp³-hybridized carbons (Fsp3) is 0.929. The lowest BCUT2D eigenvalue weighted by Gasteiger charge is -2.36. The van der Waals surface area contributed by atoms with Gasteiger partial charge in [0.2, 0.25) is 5.91 Å². The predicted octanol–water partition coefficient (Wildman–Crippen LogP) is 1.44. The molecule has 1 saturated carbocycles. The second-order valence-corrected chi connectivity index (χ2v) is 6.12. The van der Waals surface area contributed by atoms with Gasteiger partial charge in [-0.05, 0) is 37.5 Å². The first-order chi connectivity index (χ1) is 8.60. The summed E-state index contributed by atoms with van der Waals surface area (Å²) in [6, 6.07) is 0. The third kappa shape index (κ3) is 3.45. The van der Waals surface area contributed by atoms with Gasteiger partial charge in [0.25, 0.3) is 0 Å². The Morgan fingerprint density at radius 3 is 2.78 bits per heavy atom. The number of ether oxygens (including phenoxy) is 1. The zero-order chi connectivity index (χ0) is 13.0. The van der Waals surface area contributed by atoms with Gasteiger partial charge in [-0.15, -0.1) is 0 Å². The number of amides is 1. The van der Waals surface area contributed by atoms with Gasteiger partial charge in [0.1, 0.15) is 0 Å². The van der Waals surface area contributed by atoms with Gasteiger partial charge in [0.15, 0.2) is 0 Å². The highest BCUT2D eigenvalue weighted by Crippen LogP contribution is 2.30. The van der Waals surface area contributed by atoms with Crippen LogP contribution in [0.4, 0.5) is 0 Å². The molecule has 2 atom stereocenters. The maximum Gasteiger partial charge on any atom is 0.240 e. The highest BCUT2D eigenvalue weighted by Gasteiger charge is 2.37. The summed E-state index contributed by atoms with van der Waals surface area (Å²) in [6.45, 7) is 4.60. The minimum Gasteiger partial charge on any atom is -0.381 e. The second kappa shape index (κ2) is 6.02. The van der Waals surface area contributed by atoms with E-state index in [0.29, 0.717) is 11.8 Å². The summed E-state index contributed by atoms with van der Waals surface area (Å²) in [5.74, 6) is 1.19. The van der Waals surface area contributed by atoms with E-state index < -0.39 is 5.54 Å². The molecule has 2 unspecified atom stereocenters. The number of carbonyl (C=O) groups excluding carboxylic acids is 1. The van der Waals surface area contributed by atoms with Gasteiger partial charge in [-0.25, -0.2) is 0 Å². The average Bonchev–Trinajstić information content (AvgIpc) is 2.37. The van der Waals surface area contributed by atoms with Crippen molar-refractivity contribution in [3.05, 3.63) is 0 Å². The third-order valence-electron chi connectivity index (χ3n) is 4.38. The van der Waals surface area contributed by atoms with Gasteiger partial charge in [-0.1, -0.05) is 19.8 Å². The lowest BCUT2D eigenvalue weighted by atomic mass is 9.76. The molecule has 1 aliphatic carbocycles. The molecule has 1 heterocycles. The lowest BCUT2D eigenvalue weighted by molar-refractivity contribution is -0.128. The van der Waals surface area contributed by atoms with E-state index in [4.69, 9.17) is 10.5 Å². The molecule has 4 nitrogen and oxygen atoms in total. The Kier molecular flexibility index (Phi) is 4.62. The van der Waals surface area contributed by atoms with Crippen molar-refractivity contribution in [2.24, 2.45) is 17.6 Å². The first-order valence-electron chi connectivity index (χ1n) is 7.25. The second-order valence-electron chi connectivity index (χ2n) is 6.12. The van der Waals surface area contributed by atoms with Gasteiger partial charge in [0.05, 0.1) is 5.54 Å². The van der Waals surface area contributed by atoms with Crippen LogP contribution in [0, 0.1) is 11.8 Å². The van der Waals surface area contributed by atoms with E-state index in [9.17, 15) is 4.79 Å². The molecule has 3 N–H and O–H groups in total. The molecule has 4 heteroatoms. The van der Waals surface area contributed by atoms with E-state index in [1.807, 2.05) is 0 Å². The Bertz CT molecular complexity index is 290. The summed E-state index contributed by atoms with van der Waals surface area (Å²) in [4.78, 5) is 12.2. The molecule has 1 aliphatic heterocycles. The van der Waals surface area contributed by atoms with Crippen molar-refractivity contribution in [3.8, 4) is 0 Å². The molecule has 0 aromatic rings. The minimum atomic E-state index is -0.622. The van der Waals surface area contributed by atoms with E-state index in [-0.39, 0.29) is 5.91 Å². The van der Waals surface area contributed by atoms with Crippen LogP contribution in [0.15, 0.2) is 0 Å². The van der Waals surface area contributed by atoms with Crippen LogP contribution in [0.5, 0.6) is 0 Å². The van der Waals surface area contributed by atoms with Gasteiger partial charge in [-0.2, -0.15) is 0 Å². The standard InChI is InChI=1S/C14H26N2O2/c1-11-3-2-6-14(15,9-11)13(17)16-10-12-4-7-18-8-5-12/h11-12H,2-10,15H2,1H3,(H,16,17). The van der Waals surface area contributed by atoms with Crippen molar-refractivity contribution in [2.75, 3.05) is 19.8 Å². The Morgan fingerprint density at radius 2 is 2.11 bits per heavy atom. The minimum absolute atomic E-state index is 0.0561. The van der Waals surface area contributed by atoms with Crippen molar-refractivity contribution in [1.82, 2.24) is 5.32 Å². The molecule has 0 spiro atoms. The Morgan fingerprint density at radius 1 is 1.39 bits per heavy atom. The van der Waals surface area contributed by atoms with Crippen LogP contribution in [-0.2, 0) is 9.53 Å². The summed E-state index contributed by atoms with van der Waals surface area (Å²) in [6.07, 6.45) is 6.03. The molecule has 2 rings (SSSR count). The molecular formula is C14H26N2O2. The Hall–Kier alpha value is -0.610. The van der Waals surface area contributed by atoms with Crippen molar-refractivity contribution in [2.45, 2.75) is 51.0 Å². The number of hydrogen-bond acceptors (Lipinski definition) is 3. The maximum absolute atomic E-state index is 12.2. The Balaban J connectivity index is 1.79. The first-order valence-corrected chi connectivity index (χ1v) is 7.25. The average molecular weight is 254 g/mol. The van der Waals surface area contributed by atoms with Gasteiger partial charge >= 0.3 is 0 Å². The highest BCUT2D eigenvalue weighted by molar-refractivity contribution is 5.86. The summed E-state index contributed by atoms with van der Waals surface area (Å²) in [7, 11) is 0. The molecule has 0 bridgehead atoms. The molecule has 1 amide bonds. The molecule has 104 valence electrons. The fourth-order valence-electron chi connectivity index (χ4n) is 3.16. The molecule has 0 aromatic heterocycles. The van der Waals surface area contributed by atoms with Gasteiger partial charge < -0.3 is 15.8 Å². The summed E-state index contributed by atoms with van der Waals surface area (Å²) < 4.78 is 5.32. The van der Waals surface area contributed by atoms with Crippen molar-refractivity contribution in [3.63, 3.8) is 0 Å². The van der Waals surface area contributed by atoms with Crippen LogP contribution >= 0.6 is 0 Å². The first kappa shape index (κ1) is 13.8. The van der Waals surface area contributed by atoms with Crippen LogP contribution in [-0.4, -0.2) is 31.2 Å². The maximum atomic E-state index is 12.2. The molecule has 2 fully saturated rings. The van der Waals surface area contributed by atoms with E-state index in [1.54, 1.807) is 0 Å². The predicted molar refractivity (Wildman–Crippen MR) is 71.1 cm³/mol. The zero-order valence-corrected chi connectivity index (χ0v) is 11.4. The number of carbonyl (C=O) groups is 1. The zero-order valence-electron chi connectivity index (χ0n) is 11.4. The number of nitrogens with two attached hydrogens (primary N) is 1. The van der Waals surface area contributed by atoms with Crippen LogP contribution in [0.3, 0.4) is 0 Å². The molecule has 18 heavy (non-hydrogen) atoms. The van der Waals surface area contributed by atoms with E-state index in [1.165, 1.54) is 6.42 Å². The largest absolute Gasteiger partial charge is 0.381 e. The van der Waals surface area contributed by atoms with Gasteiger partial charge in [-0.3, -0.25) is 4.79 Å². The summed E-state index contributed by atoms with van der Waals surface area (Å²) in [5, 5.41) is 3.06. The van der Waals surface area contributed by atoms with E-state index >= 15 is 0 Å². The fourth-order valence-corrected chi connectivity index (χ4v) is 3.16. The lowest BCUT2D eigenvalue weighted by Crippen LogP contribution is -2.56. The van der Waals surface area contributed by atoms with Crippen LogP contribution in [0.1, 0.15) is 45.4 Å². The van der Waals surface area contributed by atoms with E-state index in [0.717, 1.165) is 51.9 Å².